The van der Waals surface area contributed by atoms with Crippen molar-refractivity contribution >= 4 is 0 Å². The Labute approximate surface area is 103 Å². The van der Waals surface area contributed by atoms with Crippen molar-refractivity contribution in [2.45, 2.75) is 57.5 Å². The molecule has 3 nitrogen and oxygen atoms in total. The van der Waals surface area contributed by atoms with E-state index in [4.69, 9.17) is 5.73 Å². The summed E-state index contributed by atoms with van der Waals surface area (Å²) >= 11 is 0. The first-order valence-electron chi connectivity index (χ1n) is 6.90. The Kier molecular flexibility index (Phi) is 2.54. The Morgan fingerprint density at radius 1 is 1.53 bits per heavy atom. The van der Waals surface area contributed by atoms with Crippen LogP contribution in [0.3, 0.4) is 0 Å². The van der Waals surface area contributed by atoms with Crippen LogP contribution in [0.15, 0.2) is 12.3 Å². The van der Waals surface area contributed by atoms with Gasteiger partial charge in [0.05, 0.1) is 5.69 Å². The zero-order valence-corrected chi connectivity index (χ0v) is 10.9. The molecule has 2 bridgehead atoms. The normalized spacial score (nSPS) is 36.0. The Morgan fingerprint density at radius 2 is 2.35 bits per heavy atom. The molecule has 3 rings (SSSR count). The van der Waals surface area contributed by atoms with Crippen molar-refractivity contribution in [2.75, 3.05) is 0 Å². The average molecular weight is 233 g/mol. The van der Waals surface area contributed by atoms with Gasteiger partial charge in [0.15, 0.2) is 0 Å². The summed E-state index contributed by atoms with van der Waals surface area (Å²) in [4.78, 5) is 0. The zero-order valence-electron chi connectivity index (χ0n) is 10.9. The van der Waals surface area contributed by atoms with Crippen molar-refractivity contribution in [2.24, 2.45) is 17.6 Å². The first-order valence-corrected chi connectivity index (χ1v) is 6.90. The van der Waals surface area contributed by atoms with Crippen LogP contribution in [0.1, 0.15) is 51.3 Å². The third-order valence-corrected chi connectivity index (χ3v) is 4.73. The van der Waals surface area contributed by atoms with Gasteiger partial charge in [-0.2, -0.15) is 5.10 Å². The van der Waals surface area contributed by atoms with Crippen LogP contribution in [-0.4, -0.2) is 15.3 Å². The summed E-state index contributed by atoms with van der Waals surface area (Å²) in [6, 6.07) is 2.58. The lowest BCUT2D eigenvalue weighted by Crippen LogP contribution is -2.47. The van der Waals surface area contributed by atoms with Gasteiger partial charge in [-0.05, 0) is 51.0 Å². The molecular weight excluding hydrogens is 210 g/mol. The quantitative estimate of drug-likeness (QED) is 0.872. The second-order valence-electron chi connectivity index (χ2n) is 6.37. The van der Waals surface area contributed by atoms with Gasteiger partial charge in [0.2, 0.25) is 0 Å². The number of nitrogens with two attached hydrogens (primary N) is 1. The van der Waals surface area contributed by atoms with E-state index in [1.807, 2.05) is 4.68 Å². The summed E-state index contributed by atoms with van der Waals surface area (Å²) < 4.78 is 2.03. The van der Waals surface area contributed by atoms with E-state index in [1.54, 1.807) is 0 Å². The molecule has 0 radical (unpaired) electrons. The lowest BCUT2D eigenvalue weighted by Gasteiger charge is -2.33. The highest BCUT2D eigenvalue weighted by Crippen LogP contribution is 2.50. The Balaban J connectivity index is 1.74. The Morgan fingerprint density at radius 3 is 2.88 bits per heavy atom. The van der Waals surface area contributed by atoms with E-state index < -0.39 is 0 Å². The van der Waals surface area contributed by atoms with Crippen molar-refractivity contribution in [3.8, 4) is 0 Å². The zero-order chi connectivity index (χ0) is 12.0. The lowest BCUT2D eigenvalue weighted by atomic mass is 9.78. The van der Waals surface area contributed by atoms with Crippen molar-refractivity contribution in [3.63, 3.8) is 0 Å². The summed E-state index contributed by atoms with van der Waals surface area (Å²) in [6.45, 7) is 4.32. The summed E-state index contributed by atoms with van der Waals surface area (Å²) in [5.74, 6) is 1.65. The molecule has 1 aromatic heterocycles. The number of aromatic nitrogens is 2. The smallest absolute Gasteiger partial charge is 0.0643 e. The molecule has 2 fully saturated rings. The van der Waals surface area contributed by atoms with Gasteiger partial charge in [-0.3, -0.25) is 4.68 Å². The summed E-state index contributed by atoms with van der Waals surface area (Å²) in [5.41, 5.74) is 7.83. The average Bonchev–Trinajstić information content (AvgIpc) is 2.91. The maximum atomic E-state index is 6.61. The van der Waals surface area contributed by atoms with E-state index in [9.17, 15) is 0 Å². The molecule has 2 saturated carbocycles. The molecule has 1 aromatic rings. The van der Waals surface area contributed by atoms with Gasteiger partial charge in [-0.15, -0.1) is 0 Å². The molecule has 3 unspecified atom stereocenters. The Bertz CT molecular complexity index is 409. The molecule has 2 aliphatic rings. The minimum Gasteiger partial charge on any atom is -0.324 e. The monoisotopic (exact) mass is 233 g/mol. The van der Waals surface area contributed by atoms with Gasteiger partial charge >= 0.3 is 0 Å². The summed E-state index contributed by atoms with van der Waals surface area (Å²) in [6.07, 6.45) is 8.37. The topological polar surface area (TPSA) is 43.8 Å². The van der Waals surface area contributed by atoms with Crippen LogP contribution in [0.25, 0.3) is 0 Å². The molecule has 0 aromatic carbocycles. The second-order valence-corrected chi connectivity index (χ2v) is 6.37. The van der Waals surface area contributed by atoms with Crippen molar-refractivity contribution in [1.82, 2.24) is 9.78 Å². The van der Waals surface area contributed by atoms with Crippen LogP contribution in [0.4, 0.5) is 0 Å². The molecule has 0 amide bonds. The molecule has 0 saturated heterocycles. The van der Waals surface area contributed by atoms with Crippen molar-refractivity contribution in [3.05, 3.63) is 18.0 Å². The van der Waals surface area contributed by atoms with Crippen LogP contribution in [-0.2, 0) is 6.42 Å². The molecule has 0 aliphatic heterocycles. The van der Waals surface area contributed by atoms with Gasteiger partial charge in [0.25, 0.3) is 0 Å². The van der Waals surface area contributed by atoms with Crippen molar-refractivity contribution in [1.29, 1.82) is 0 Å². The van der Waals surface area contributed by atoms with E-state index in [1.165, 1.54) is 31.4 Å². The SMILES string of the molecule is CC(C)n1ccc(CC2(N)CC3CCC2C3)n1. The number of hydrogen-bond acceptors (Lipinski definition) is 2. The minimum atomic E-state index is 0.0408. The van der Waals surface area contributed by atoms with E-state index in [0.717, 1.165) is 18.3 Å². The van der Waals surface area contributed by atoms with E-state index in [0.29, 0.717) is 6.04 Å². The fourth-order valence-electron chi connectivity index (χ4n) is 3.80. The summed E-state index contributed by atoms with van der Waals surface area (Å²) in [7, 11) is 0. The highest BCUT2D eigenvalue weighted by atomic mass is 15.3. The van der Waals surface area contributed by atoms with Crippen LogP contribution in [0.5, 0.6) is 0 Å². The lowest BCUT2D eigenvalue weighted by molar-refractivity contribution is 0.266. The number of rotatable bonds is 3. The Hall–Kier alpha value is -0.830. The first kappa shape index (κ1) is 11.3. The van der Waals surface area contributed by atoms with Crippen molar-refractivity contribution < 1.29 is 0 Å². The largest absolute Gasteiger partial charge is 0.324 e. The van der Waals surface area contributed by atoms with Gasteiger partial charge in [-0.1, -0.05) is 6.42 Å². The predicted octanol–water partition coefficient (Wildman–Crippen LogP) is 2.52. The molecule has 2 aliphatic carbocycles. The molecule has 0 spiro atoms. The predicted molar refractivity (Wildman–Crippen MR) is 68.7 cm³/mol. The molecule has 1 heterocycles. The summed E-state index contributed by atoms with van der Waals surface area (Å²) in [5, 5.41) is 4.64. The molecular formula is C14H23N3. The third kappa shape index (κ3) is 1.90. The van der Waals surface area contributed by atoms with E-state index >= 15 is 0 Å². The maximum absolute atomic E-state index is 6.61. The standard InChI is InChI=1S/C14H23N3/c1-10(2)17-6-5-13(16-17)9-14(15)8-11-3-4-12(14)7-11/h5-6,10-12H,3-4,7-9,15H2,1-2H3. The second kappa shape index (κ2) is 3.84. The molecule has 94 valence electrons. The first-order chi connectivity index (χ1) is 8.07. The molecule has 2 N–H and O–H groups in total. The maximum Gasteiger partial charge on any atom is 0.0643 e. The highest BCUT2D eigenvalue weighted by Gasteiger charge is 2.48. The number of hydrogen-bond donors (Lipinski definition) is 1. The van der Waals surface area contributed by atoms with Gasteiger partial charge in [-0.25, -0.2) is 0 Å². The van der Waals surface area contributed by atoms with E-state index in [-0.39, 0.29) is 5.54 Å². The molecule has 3 atom stereocenters. The minimum absolute atomic E-state index is 0.0408. The fourth-order valence-corrected chi connectivity index (χ4v) is 3.80. The van der Waals surface area contributed by atoms with E-state index in [2.05, 4.69) is 31.2 Å². The van der Waals surface area contributed by atoms with Crippen LogP contribution < -0.4 is 5.73 Å². The van der Waals surface area contributed by atoms with Crippen LogP contribution >= 0.6 is 0 Å². The van der Waals surface area contributed by atoms with Gasteiger partial charge in [0.1, 0.15) is 0 Å². The number of fused-ring (bicyclic) bond motifs is 2. The third-order valence-electron chi connectivity index (χ3n) is 4.73. The highest BCUT2D eigenvalue weighted by molar-refractivity contribution is 5.12. The molecule has 3 heteroatoms. The number of nitrogens with zero attached hydrogens (tertiary/aromatic N) is 2. The van der Waals surface area contributed by atoms with Crippen LogP contribution in [0, 0.1) is 11.8 Å². The molecule has 17 heavy (non-hydrogen) atoms. The van der Waals surface area contributed by atoms with Gasteiger partial charge < -0.3 is 5.73 Å². The van der Waals surface area contributed by atoms with Crippen LogP contribution in [0.2, 0.25) is 0 Å². The van der Waals surface area contributed by atoms with Gasteiger partial charge in [0, 0.05) is 24.2 Å². The fraction of sp³-hybridized carbons (Fsp3) is 0.786.